The monoisotopic (exact) mass is 284 g/mol. The van der Waals surface area contributed by atoms with Crippen molar-refractivity contribution in [1.29, 1.82) is 0 Å². The zero-order valence-corrected chi connectivity index (χ0v) is 14.0. The molecule has 20 heavy (non-hydrogen) atoms. The number of piperazine rings is 1. The molecule has 4 nitrogen and oxygen atoms in total. The van der Waals surface area contributed by atoms with Gasteiger partial charge in [-0.25, -0.2) is 0 Å². The molecule has 118 valence electrons. The Morgan fingerprint density at radius 1 is 1.15 bits per heavy atom. The highest BCUT2D eigenvalue weighted by atomic mass is 16.5. The standard InChI is InChI=1S/C16H32N2O2/c1-7-18-9-8-17(10-12(18)2)11-13-14(19)16(5,6)20-15(13,3)4/h12-14,19H,7-11H2,1-6H3. The first kappa shape index (κ1) is 16.2. The van der Waals surface area contributed by atoms with Crippen molar-refractivity contribution in [3.05, 3.63) is 0 Å². The molecule has 0 bridgehead atoms. The van der Waals surface area contributed by atoms with Crippen molar-refractivity contribution in [3.8, 4) is 0 Å². The molecule has 2 rings (SSSR count). The molecule has 2 aliphatic heterocycles. The van der Waals surface area contributed by atoms with Crippen molar-refractivity contribution >= 4 is 0 Å². The Hall–Kier alpha value is -0.160. The largest absolute Gasteiger partial charge is 0.390 e. The van der Waals surface area contributed by atoms with E-state index >= 15 is 0 Å². The van der Waals surface area contributed by atoms with Gasteiger partial charge in [-0.3, -0.25) is 4.90 Å². The normalized spacial score (nSPS) is 38.2. The van der Waals surface area contributed by atoms with Crippen molar-refractivity contribution in [1.82, 2.24) is 9.80 Å². The number of aliphatic hydroxyl groups excluding tert-OH is 1. The summed E-state index contributed by atoms with van der Waals surface area (Å²) in [7, 11) is 0. The molecule has 0 radical (unpaired) electrons. The second kappa shape index (κ2) is 5.56. The summed E-state index contributed by atoms with van der Waals surface area (Å²) in [6.45, 7) is 18.1. The Balaban J connectivity index is 2.00. The van der Waals surface area contributed by atoms with Gasteiger partial charge in [0.1, 0.15) is 0 Å². The fraction of sp³-hybridized carbons (Fsp3) is 1.00. The number of likely N-dealkylation sites (N-methyl/N-ethyl adjacent to an activating group) is 1. The molecule has 0 aromatic heterocycles. The van der Waals surface area contributed by atoms with Gasteiger partial charge in [0, 0.05) is 38.1 Å². The Labute approximate surface area is 124 Å². The minimum Gasteiger partial charge on any atom is -0.390 e. The van der Waals surface area contributed by atoms with Gasteiger partial charge in [0.05, 0.1) is 17.3 Å². The van der Waals surface area contributed by atoms with Crippen LogP contribution in [0.15, 0.2) is 0 Å². The van der Waals surface area contributed by atoms with Gasteiger partial charge in [-0.05, 0) is 41.2 Å². The predicted octanol–water partition coefficient (Wildman–Crippen LogP) is 1.58. The Morgan fingerprint density at radius 2 is 1.80 bits per heavy atom. The minimum atomic E-state index is -0.439. The van der Waals surface area contributed by atoms with E-state index in [0.717, 1.165) is 32.7 Å². The molecule has 1 N–H and O–H groups in total. The number of hydrogen-bond donors (Lipinski definition) is 1. The van der Waals surface area contributed by atoms with E-state index < -0.39 is 11.7 Å². The number of rotatable bonds is 3. The van der Waals surface area contributed by atoms with E-state index in [-0.39, 0.29) is 11.5 Å². The second-order valence-electron chi connectivity index (χ2n) is 7.60. The summed E-state index contributed by atoms with van der Waals surface area (Å²) in [6, 6.07) is 0.601. The lowest BCUT2D eigenvalue weighted by Gasteiger charge is -2.41. The van der Waals surface area contributed by atoms with Gasteiger partial charge >= 0.3 is 0 Å². The highest BCUT2D eigenvalue weighted by Crippen LogP contribution is 2.42. The molecule has 0 aromatic rings. The molecule has 0 amide bonds. The molecule has 3 unspecified atom stereocenters. The van der Waals surface area contributed by atoms with Crippen LogP contribution in [-0.4, -0.2) is 71.0 Å². The molecule has 0 saturated carbocycles. The summed E-state index contributed by atoms with van der Waals surface area (Å²) in [5.41, 5.74) is -0.695. The predicted molar refractivity (Wildman–Crippen MR) is 81.9 cm³/mol. The van der Waals surface area contributed by atoms with Crippen LogP contribution in [0, 0.1) is 5.92 Å². The molecule has 2 heterocycles. The van der Waals surface area contributed by atoms with Gasteiger partial charge < -0.3 is 14.7 Å². The summed E-state index contributed by atoms with van der Waals surface area (Å²) in [5, 5.41) is 10.6. The van der Waals surface area contributed by atoms with Crippen LogP contribution in [0.25, 0.3) is 0 Å². The first-order chi connectivity index (χ1) is 9.17. The number of nitrogens with zero attached hydrogens (tertiary/aromatic N) is 2. The molecule has 0 aliphatic carbocycles. The van der Waals surface area contributed by atoms with Crippen molar-refractivity contribution in [2.24, 2.45) is 5.92 Å². The summed E-state index contributed by atoms with van der Waals surface area (Å²) in [4.78, 5) is 5.02. The second-order valence-corrected chi connectivity index (χ2v) is 7.60. The third-order valence-electron chi connectivity index (χ3n) is 5.22. The van der Waals surface area contributed by atoms with Gasteiger partial charge in [0.2, 0.25) is 0 Å². The Bertz CT molecular complexity index is 343. The third-order valence-corrected chi connectivity index (χ3v) is 5.22. The number of hydrogen-bond acceptors (Lipinski definition) is 4. The molecule has 4 heteroatoms. The summed E-state index contributed by atoms with van der Waals surface area (Å²) < 4.78 is 6.08. The van der Waals surface area contributed by atoms with E-state index in [0.29, 0.717) is 6.04 Å². The van der Waals surface area contributed by atoms with Crippen LogP contribution in [0.5, 0.6) is 0 Å². The molecule has 0 aromatic carbocycles. The Morgan fingerprint density at radius 3 is 2.25 bits per heavy atom. The smallest absolute Gasteiger partial charge is 0.0896 e. The van der Waals surface area contributed by atoms with Crippen molar-refractivity contribution in [3.63, 3.8) is 0 Å². The van der Waals surface area contributed by atoms with E-state index in [1.165, 1.54) is 0 Å². The van der Waals surface area contributed by atoms with E-state index in [9.17, 15) is 5.11 Å². The van der Waals surface area contributed by atoms with Crippen molar-refractivity contribution in [2.75, 3.05) is 32.7 Å². The molecule has 2 aliphatic rings. The lowest BCUT2D eigenvalue weighted by Crippen LogP contribution is -2.54. The average Bonchev–Trinajstić information content (AvgIpc) is 2.48. The fourth-order valence-electron chi connectivity index (χ4n) is 3.98. The van der Waals surface area contributed by atoms with Crippen LogP contribution < -0.4 is 0 Å². The van der Waals surface area contributed by atoms with Gasteiger partial charge in [-0.2, -0.15) is 0 Å². The van der Waals surface area contributed by atoms with Crippen LogP contribution in [0.1, 0.15) is 41.5 Å². The zero-order valence-electron chi connectivity index (χ0n) is 14.0. The molecule has 2 fully saturated rings. The first-order valence-corrected chi connectivity index (χ1v) is 8.02. The van der Waals surface area contributed by atoms with E-state index in [4.69, 9.17) is 4.74 Å². The highest BCUT2D eigenvalue weighted by Gasteiger charge is 2.53. The van der Waals surface area contributed by atoms with E-state index in [1.807, 2.05) is 13.8 Å². The summed E-state index contributed by atoms with van der Waals surface area (Å²) >= 11 is 0. The zero-order chi connectivity index (χ0) is 15.1. The number of ether oxygens (including phenoxy) is 1. The van der Waals surface area contributed by atoms with E-state index in [1.54, 1.807) is 0 Å². The van der Waals surface area contributed by atoms with E-state index in [2.05, 4.69) is 37.5 Å². The molecule has 3 atom stereocenters. The molecular formula is C16H32N2O2. The van der Waals surface area contributed by atoms with Gasteiger partial charge in [0.15, 0.2) is 0 Å². The quantitative estimate of drug-likeness (QED) is 0.853. The number of aliphatic hydroxyl groups is 1. The fourth-order valence-corrected chi connectivity index (χ4v) is 3.98. The molecule has 0 spiro atoms. The van der Waals surface area contributed by atoms with Gasteiger partial charge in [-0.15, -0.1) is 0 Å². The molecule has 2 saturated heterocycles. The summed E-state index contributed by atoms with van der Waals surface area (Å²) in [5.74, 6) is 0.179. The van der Waals surface area contributed by atoms with Crippen LogP contribution in [-0.2, 0) is 4.74 Å². The Kier molecular flexibility index (Phi) is 4.51. The van der Waals surface area contributed by atoms with Gasteiger partial charge in [0.25, 0.3) is 0 Å². The maximum Gasteiger partial charge on any atom is 0.0896 e. The SMILES string of the molecule is CCN1CCN(CC2C(O)C(C)(C)OC2(C)C)CC1C. The first-order valence-electron chi connectivity index (χ1n) is 8.02. The lowest BCUT2D eigenvalue weighted by atomic mass is 9.84. The van der Waals surface area contributed by atoms with Crippen molar-refractivity contribution < 1.29 is 9.84 Å². The van der Waals surface area contributed by atoms with Crippen molar-refractivity contribution in [2.45, 2.75) is 64.9 Å². The van der Waals surface area contributed by atoms with Crippen LogP contribution in [0.2, 0.25) is 0 Å². The van der Waals surface area contributed by atoms with Crippen LogP contribution >= 0.6 is 0 Å². The van der Waals surface area contributed by atoms with Crippen LogP contribution in [0.3, 0.4) is 0 Å². The maximum absolute atomic E-state index is 10.6. The van der Waals surface area contributed by atoms with Gasteiger partial charge in [-0.1, -0.05) is 6.92 Å². The summed E-state index contributed by atoms with van der Waals surface area (Å²) in [6.07, 6.45) is -0.392. The lowest BCUT2D eigenvalue weighted by molar-refractivity contribution is -0.0916. The van der Waals surface area contributed by atoms with Crippen LogP contribution in [0.4, 0.5) is 0 Å². The topological polar surface area (TPSA) is 35.9 Å². The average molecular weight is 284 g/mol. The molecular weight excluding hydrogens is 252 g/mol. The minimum absolute atomic E-state index is 0.179. The maximum atomic E-state index is 10.6. The third kappa shape index (κ3) is 3.03. The highest BCUT2D eigenvalue weighted by molar-refractivity contribution is 5.02.